The Hall–Kier alpha value is -3.19. The Labute approximate surface area is 218 Å². The van der Waals surface area contributed by atoms with Crippen LogP contribution < -0.4 is 14.8 Å². The molecule has 0 atom stereocenters. The lowest BCUT2D eigenvalue weighted by atomic mass is 10.1. The van der Waals surface area contributed by atoms with Gasteiger partial charge in [0.2, 0.25) is 0 Å². The molecule has 0 spiro atoms. The highest BCUT2D eigenvalue weighted by Crippen LogP contribution is 2.27. The summed E-state index contributed by atoms with van der Waals surface area (Å²) in [4.78, 5) is 12.9. The average molecular weight is 531 g/mol. The van der Waals surface area contributed by atoms with Crippen LogP contribution in [0.1, 0.15) is 28.4 Å². The van der Waals surface area contributed by atoms with Gasteiger partial charge in [0.15, 0.2) is 5.82 Å². The van der Waals surface area contributed by atoms with Gasteiger partial charge in [-0.15, -0.1) is 0 Å². The Bertz CT molecular complexity index is 1300. The number of carbonyl (C=O) groups excluding carboxylic acids is 1. The Balaban J connectivity index is 1.40. The van der Waals surface area contributed by atoms with Crippen LogP contribution in [-0.4, -0.2) is 22.3 Å². The number of rotatable bonds is 9. The zero-order chi connectivity index (χ0) is 24.8. The van der Waals surface area contributed by atoms with E-state index in [0.717, 1.165) is 11.3 Å². The van der Waals surface area contributed by atoms with E-state index in [1.54, 1.807) is 47.3 Å². The van der Waals surface area contributed by atoms with Gasteiger partial charge < -0.3 is 14.8 Å². The minimum absolute atomic E-state index is 0.246. The van der Waals surface area contributed by atoms with Crippen LogP contribution in [0.25, 0.3) is 0 Å². The first-order chi connectivity index (χ1) is 16.9. The van der Waals surface area contributed by atoms with E-state index in [-0.39, 0.29) is 11.7 Å². The maximum atomic E-state index is 12.9. The molecule has 1 heterocycles. The van der Waals surface area contributed by atoms with Crippen LogP contribution in [0.4, 0.5) is 5.82 Å². The molecule has 35 heavy (non-hydrogen) atoms. The lowest BCUT2D eigenvalue weighted by molar-refractivity contribution is 0.102. The predicted molar refractivity (Wildman–Crippen MR) is 139 cm³/mol. The molecule has 1 N–H and O–H groups in total. The van der Waals surface area contributed by atoms with Crippen LogP contribution in [0.5, 0.6) is 11.5 Å². The predicted octanol–water partition coefficient (Wildman–Crippen LogP) is 7.12. The van der Waals surface area contributed by atoms with Gasteiger partial charge in [-0.2, -0.15) is 5.10 Å². The minimum atomic E-state index is -0.337. The fraction of sp³-hybridized carbons (Fsp3) is 0.154. The second-order valence-electron chi connectivity index (χ2n) is 7.57. The Morgan fingerprint density at radius 3 is 2.26 bits per heavy atom. The van der Waals surface area contributed by atoms with Crippen LogP contribution in [0, 0.1) is 0 Å². The number of nitrogens with zero attached hydrogens (tertiary/aromatic N) is 2. The molecule has 0 fully saturated rings. The number of ether oxygens (including phenoxy) is 2. The highest BCUT2D eigenvalue weighted by atomic mass is 35.5. The third-order valence-corrected chi connectivity index (χ3v) is 6.04. The molecule has 9 heteroatoms. The van der Waals surface area contributed by atoms with Crippen LogP contribution in [-0.2, 0) is 13.2 Å². The fourth-order valence-electron chi connectivity index (χ4n) is 3.36. The van der Waals surface area contributed by atoms with Crippen molar-refractivity contribution < 1.29 is 14.3 Å². The lowest BCUT2D eigenvalue weighted by Crippen LogP contribution is -2.13. The quantitative estimate of drug-likeness (QED) is 0.250. The first-order valence-electron chi connectivity index (χ1n) is 10.8. The molecule has 0 saturated carbocycles. The highest BCUT2D eigenvalue weighted by Gasteiger charge is 2.15. The average Bonchev–Trinajstić information content (AvgIpc) is 3.20. The summed E-state index contributed by atoms with van der Waals surface area (Å²) in [5, 5.41) is 8.49. The van der Waals surface area contributed by atoms with E-state index in [0.29, 0.717) is 51.7 Å². The number of nitrogens with one attached hydrogen (secondary N) is 1. The number of benzene rings is 3. The first kappa shape index (κ1) is 24.9. The SMILES string of the molecule is CCOc1ccc(OCc2cccc(C(=O)Nc3nn(Cc4c(Cl)cccc4Cl)cc3Cl)c2)cc1. The summed E-state index contributed by atoms with van der Waals surface area (Å²) < 4.78 is 12.8. The zero-order valence-electron chi connectivity index (χ0n) is 18.8. The highest BCUT2D eigenvalue weighted by molar-refractivity contribution is 6.36. The van der Waals surface area contributed by atoms with Crippen molar-refractivity contribution in [2.45, 2.75) is 20.1 Å². The molecule has 1 amide bonds. The van der Waals surface area contributed by atoms with Gasteiger partial charge in [-0.05, 0) is 61.0 Å². The minimum Gasteiger partial charge on any atom is -0.494 e. The van der Waals surface area contributed by atoms with E-state index < -0.39 is 0 Å². The summed E-state index contributed by atoms with van der Waals surface area (Å²) in [7, 11) is 0. The topological polar surface area (TPSA) is 65.4 Å². The molecule has 0 radical (unpaired) electrons. The number of carbonyl (C=O) groups is 1. The smallest absolute Gasteiger partial charge is 0.256 e. The Morgan fingerprint density at radius 1 is 0.914 bits per heavy atom. The molecule has 0 bridgehead atoms. The second kappa shape index (κ2) is 11.5. The van der Waals surface area contributed by atoms with Crippen molar-refractivity contribution in [2.75, 3.05) is 11.9 Å². The van der Waals surface area contributed by atoms with Crippen LogP contribution >= 0.6 is 34.8 Å². The molecule has 0 aliphatic heterocycles. The standard InChI is InChI=1S/C26H22Cl3N3O3/c1-2-34-19-9-11-20(12-10-19)35-16-17-5-3-6-18(13-17)26(33)30-25-24(29)15-32(31-25)14-21-22(27)7-4-8-23(21)28/h3-13,15H,2,14,16H2,1H3,(H,30,31,33). The lowest BCUT2D eigenvalue weighted by Gasteiger charge is -2.09. The van der Waals surface area contributed by atoms with E-state index in [2.05, 4.69) is 10.4 Å². The van der Waals surface area contributed by atoms with E-state index in [4.69, 9.17) is 44.3 Å². The van der Waals surface area contributed by atoms with E-state index in [9.17, 15) is 4.79 Å². The number of halogens is 3. The van der Waals surface area contributed by atoms with Gasteiger partial charge in [0, 0.05) is 27.4 Å². The van der Waals surface area contributed by atoms with Crippen molar-refractivity contribution in [3.05, 3.63) is 105 Å². The van der Waals surface area contributed by atoms with Crippen LogP contribution in [0.15, 0.2) is 72.9 Å². The van der Waals surface area contributed by atoms with Crippen molar-refractivity contribution in [1.82, 2.24) is 9.78 Å². The van der Waals surface area contributed by atoms with E-state index in [1.165, 1.54) is 0 Å². The summed E-state index contributed by atoms with van der Waals surface area (Å²) in [6.07, 6.45) is 1.61. The van der Waals surface area contributed by atoms with E-state index in [1.807, 2.05) is 37.3 Å². The maximum Gasteiger partial charge on any atom is 0.256 e. The van der Waals surface area contributed by atoms with Gasteiger partial charge in [-0.25, -0.2) is 0 Å². The fourth-order valence-corrected chi connectivity index (χ4v) is 4.07. The molecule has 0 aliphatic rings. The van der Waals surface area contributed by atoms with Gasteiger partial charge in [0.05, 0.1) is 13.2 Å². The molecule has 180 valence electrons. The second-order valence-corrected chi connectivity index (χ2v) is 8.79. The van der Waals surface area contributed by atoms with Crippen molar-refractivity contribution in [2.24, 2.45) is 0 Å². The van der Waals surface area contributed by atoms with Crippen LogP contribution in [0.3, 0.4) is 0 Å². The molecule has 3 aromatic carbocycles. The molecule has 4 aromatic rings. The summed E-state index contributed by atoms with van der Waals surface area (Å²) in [6.45, 7) is 3.16. The zero-order valence-corrected chi connectivity index (χ0v) is 21.1. The van der Waals surface area contributed by atoms with Crippen molar-refractivity contribution >= 4 is 46.5 Å². The van der Waals surface area contributed by atoms with Gasteiger partial charge >= 0.3 is 0 Å². The van der Waals surface area contributed by atoms with Crippen molar-refractivity contribution in [1.29, 1.82) is 0 Å². The molecule has 6 nitrogen and oxygen atoms in total. The molecule has 0 saturated heterocycles. The van der Waals surface area contributed by atoms with E-state index >= 15 is 0 Å². The molecular weight excluding hydrogens is 509 g/mol. The van der Waals surface area contributed by atoms with Crippen molar-refractivity contribution in [3.63, 3.8) is 0 Å². The van der Waals surface area contributed by atoms with Crippen molar-refractivity contribution in [3.8, 4) is 11.5 Å². The maximum absolute atomic E-state index is 12.9. The molecular formula is C26H22Cl3N3O3. The van der Waals surface area contributed by atoms with Gasteiger partial charge in [-0.3, -0.25) is 9.48 Å². The monoisotopic (exact) mass is 529 g/mol. The summed E-state index contributed by atoms with van der Waals surface area (Å²) in [6, 6.07) is 19.8. The molecule has 1 aromatic heterocycles. The van der Waals surface area contributed by atoms with Gasteiger partial charge in [-0.1, -0.05) is 53.0 Å². The summed E-state index contributed by atoms with van der Waals surface area (Å²) >= 11 is 18.8. The molecule has 0 aliphatic carbocycles. The molecule has 0 unspecified atom stereocenters. The number of anilines is 1. The summed E-state index contributed by atoms with van der Waals surface area (Å²) in [5.74, 6) is 1.40. The van der Waals surface area contributed by atoms with Gasteiger partial charge in [0.25, 0.3) is 5.91 Å². The van der Waals surface area contributed by atoms with Gasteiger partial charge in [0.1, 0.15) is 23.1 Å². The summed E-state index contributed by atoms with van der Waals surface area (Å²) in [5.41, 5.74) is 2.02. The van der Waals surface area contributed by atoms with Crippen LogP contribution in [0.2, 0.25) is 15.1 Å². The largest absolute Gasteiger partial charge is 0.494 e. The Kier molecular flexibility index (Phi) is 8.18. The molecule has 4 rings (SSSR count). The number of aromatic nitrogens is 2. The third-order valence-electron chi connectivity index (χ3n) is 5.06. The number of hydrogen-bond acceptors (Lipinski definition) is 4. The third kappa shape index (κ3) is 6.48. The Morgan fingerprint density at radius 2 is 1.57 bits per heavy atom. The first-order valence-corrected chi connectivity index (χ1v) is 12.0. The number of hydrogen-bond donors (Lipinski definition) is 1. The normalized spacial score (nSPS) is 10.7. The number of amides is 1.